The highest BCUT2D eigenvalue weighted by molar-refractivity contribution is 14.1. The molecule has 0 spiro atoms. The molecule has 4 nitrogen and oxygen atoms in total. The van der Waals surface area contributed by atoms with Gasteiger partial charge in [0.25, 0.3) is 0 Å². The zero-order chi connectivity index (χ0) is 14.7. The van der Waals surface area contributed by atoms with Crippen LogP contribution < -0.4 is 0 Å². The second-order valence-corrected chi connectivity index (χ2v) is 5.52. The third kappa shape index (κ3) is 2.61. The van der Waals surface area contributed by atoms with Crippen molar-refractivity contribution in [2.75, 3.05) is 6.54 Å². The van der Waals surface area contributed by atoms with Gasteiger partial charge < -0.3 is 4.90 Å². The fourth-order valence-corrected chi connectivity index (χ4v) is 3.02. The molecule has 1 atom stereocenters. The summed E-state index contributed by atoms with van der Waals surface area (Å²) in [6.07, 6.45) is 4.45. The maximum atomic E-state index is 12.0. The van der Waals surface area contributed by atoms with Gasteiger partial charge in [0.2, 0.25) is 5.91 Å². The fourth-order valence-electron chi connectivity index (χ4n) is 2.45. The van der Waals surface area contributed by atoms with Gasteiger partial charge in [0.05, 0.1) is 11.6 Å². The number of aromatic nitrogens is 1. The molecule has 1 amide bonds. The Balaban J connectivity index is 2.52. The first-order chi connectivity index (χ1) is 9.62. The summed E-state index contributed by atoms with van der Waals surface area (Å²) in [6, 6.07) is 3.88. The van der Waals surface area contributed by atoms with Crippen LogP contribution in [-0.4, -0.2) is 22.3 Å². The molecule has 2 heterocycles. The summed E-state index contributed by atoms with van der Waals surface area (Å²) in [5, 5.41) is 9.15. The lowest BCUT2D eigenvalue weighted by Gasteiger charge is -2.36. The Kier molecular flexibility index (Phi) is 4.55. The molecule has 1 aliphatic heterocycles. The lowest BCUT2D eigenvalue weighted by atomic mass is 9.93. The number of halogens is 1. The van der Waals surface area contributed by atoms with Gasteiger partial charge >= 0.3 is 0 Å². The Hall–Kier alpha value is -1.68. The van der Waals surface area contributed by atoms with Gasteiger partial charge in [0, 0.05) is 18.7 Å². The van der Waals surface area contributed by atoms with E-state index in [9.17, 15) is 4.79 Å². The van der Waals surface area contributed by atoms with Crippen molar-refractivity contribution in [3.63, 3.8) is 0 Å². The van der Waals surface area contributed by atoms with E-state index in [1.807, 2.05) is 6.07 Å². The van der Waals surface area contributed by atoms with E-state index in [0.29, 0.717) is 28.7 Å². The van der Waals surface area contributed by atoms with Crippen molar-refractivity contribution in [2.45, 2.75) is 18.9 Å². The third-order valence-electron chi connectivity index (χ3n) is 3.38. The van der Waals surface area contributed by atoms with Crippen LogP contribution in [0.4, 0.5) is 0 Å². The summed E-state index contributed by atoms with van der Waals surface area (Å²) in [5.74, 6) is -0.0976. The molecule has 2 rings (SSSR count). The minimum atomic E-state index is -0.113. The number of hydrogen-bond donors (Lipinski definition) is 0. The molecule has 0 radical (unpaired) electrons. The molecular formula is C15H14IN3O. The van der Waals surface area contributed by atoms with Crippen LogP contribution in [0, 0.1) is 15.0 Å². The second kappa shape index (κ2) is 6.18. The molecule has 0 aromatic carbocycles. The van der Waals surface area contributed by atoms with E-state index in [1.54, 1.807) is 11.0 Å². The van der Waals surface area contributed by atoms with Gasteiger partial charge in [0.1, 0.15) is 9.77 Å². The number of nitriles is 1. The highest BCUT2D eigenvalue weighted by atomic mass is 127. The van der Waals surface area contributed by atoms with E-state index < -0.39 is 0 Å². The van der Waals surface area contributed by atoms with E-state index >= 15 is 0 Å². The number of fused-ring (bicyclic) bond motifs is 1. The van der Waals surface area contributed by atoms with Crippen LogP contribution in [0.3, 0.4) is 0 Å². The number of nitrogens with zero attached hydrogens (tertiary/aromatic N) is 3. The molecule has 102 valence electrons. The fraction of sp³-hybridized carbons (Fsp3) is 0.267. The topological polar surface area (TPSA) is 57.0 Å². The smallest absolute Gasteiger partial charge is 0.246 e. The van der Waals surface area contributed by atoms with E-state index in [1.165, 1.54) is 6.08 Å². The second-order valence-electron chi connectivity index (χ2n) is 4.50. The van der Waals surface area contributed by atoms with Gasteiger partial charge in [-0.05, 0) is 46.7 Å². The first-order valence-electron chi connectivity index (χ1n) is 6.25. The Labute approximate surface area is 131 Å². The quantitative estimate of drug-likeness (QED) is 0.351. The van der Waals surface area contributed by atoms with Crippen LogP contribution in [0.1, 0.15) is 29.3 Å². The summed E-state index contributed by atoms with van der Waals surface area (Å²) < 4.78 is 0.713. The van der Waals surface area contributed by atoms with Gasteiger partial charge in [-0.3, -0.25) is 4.79 Å². The van der Waals surface area contributed by atoms with Crippen molar-refractivity contribution < 1.29 is 4.79 Å². The van der Waals surface area contributed by atoms with Gasteiger partial charge in [-0.15, -0.1) is 6.58 Å². The molecule has 0 aliphatic carbocycles. The van der Waals surface area contributed by atoms with Gasteiger partial charge in [0.15, 0.2) is 0 Å². The predicted molar refractivity (Wildman–Crippen MR) is 84.8 cm³/mol. The molecular weight excluding hydrogens is 365 g/mol. The maximum Gasteiger partial charge on any atom is 0.246 e. The average molecular weight is 379 g/mol. The Morgan fingerprint density at radius 3 is 3.00 bits per heavy atom. The standard InChI is InChI=1S/C15H14IN3O/c1-3-5-13-11-8-10(9-17)15(16)18-12(11)6-7-19(13)14(20)4-2/h3-4,8,13H,1-2,5-7H2. The van der Waals surface area contributed by atoms with Crippen molar-refractivity contribution in [1.82, 2.24) is 9.88 Å². The Bertz CT molecular complexity index is 618. The molecule has 0 N–H and O–H groups in total. The molecule has 0 saturated carbocycles. The van der Waals surface area contributed by atoms with E-state index in [0.717, 1.165) is 11.3 Å². The Morgan fingerprint density at radius 1 is 1.65 bits per heavy atom. The van der Waals surface area contributed by atoms with Crippen LogP contribution in [0.5, 0.6) is 0 Å². The van der Waals surface area contributed by atoms with Crippen molar-refractivity contribution >= 4 is 28.5 Å². The highest BCUT2D eigenvalue weighted by Gasteiger charge is 2.30. The SMILES string of the molecule is C=CCC1c2cc(C#N)c(I)nc2CCN1C(=O)C=C. The van der Waals surface area contributed by atoms with Crippen molar-refractivity contribution in [3.05, 3.63) is 51.9 Å². The van der Waals surface area contributed by atoms with Crippen LogP contribution >= 0.6 is 22.6 Å². The first kappa shape index (κ1) is 14.7. The number of hydrogen-bond acceptors (Lipinski definition) is 3. The maximum absolute atomic E-state index is 12.0. The highest BCUT2D eigenvalue weighted by Crippen LogP contribution is 2.33. The number of carbonyl (C=O) groups excluding carboxylic acids is 1. The number of amides is 1. The molecule has 1 aromatic heterocycles. The lowest BCUT2D eigenvalue weighted by Crippen LogP contribution is -2.39. The Morgan fingerprint density at radius 2 is 2.40 bits per heavy atom. The third-order valence-corrected chi connectivity index (χ3v) is 4.20. The van der Waals surface area contributed by atoms with Crippen molar-refractivity contribution in [1.29, 1.82) is 5.26 Å². The normalized spacial score (nSPS) is 17.0. The summed E-state index contributed by atoms with van der Waals surface area (Å²) in [7, 11) is 0. The molecule has 0 saturated heterocycles. The average Bonchev–Trinajstić information content (AvgIpc) is 2.46. The zero-order valence-corrected chi connectivity index (χ0v) is 13.1. The van der Waals surface area contributed by atoms with Gasteiger partial charge in [-0.1, -0.05) is 12.7 Å². The zero-order valence-electron chi connectivity index (χ0n) is 11.0. The van der Waals surface area contributed by atoms with Crippen molar-refractivity contribution in [3.8, 4) is 6.07 Å². The molecule has 5 heteroatoms. The summed E-state index contributed by atoms with van der Waals surface area (Å²) in [4.78, 5) is 18.2. The predicted octanol–water partition coefficient (Wildman–Crippen LogP) is 2.75. The monoisotopic (exact) mass is 379 g/mol. The van der Waals surface area contributed by atoms with E-state index in [2.05, 4.69) is 46.8 Å². The number of pyridine rings is 1. The summed E-state index contributed by atoms with van der Waals surface area (Å²) >= 11 is 2.07. The number of carbonyl (C=O) groups is 1. The first-order valence-corrected chi connectivity index (χ1v) is 7.33. The molecule has 0 bridgehead atoms. The van der Waals surface area contributed by atoms with Crippen LogP contribution in [-0.2, 0) is 11.2 Å². The van der Waals surface area contributed by atoms with Gasteiger partial charge in [-0.25, -0.2) is 4.98 Å². The van der Waals surface area contributed by atoms with Crippen LogP contribution in [0.2, 0.25) is 0 Å². The van der Waals surface area contributed by atoms with Gasteiger partial charge in [-0.2, -0.15) is 5.26 Å². The molecule has 0 fully saturated rings. The molecule has 20 heavy (non-hydrogen) atoms. The largest absolute Gasteiger partial charge is 0.331 e. The molecule has 1 aromatic rings. The molecule has 1 aliphatic rings. The minimum Gasteiger partial charge on any atom is -0.331 e. The number of rotatable bonds is 3. The molecule has 1 unspecified atom stereocenters. The van der Waals surface area contributed by atoms with Crippen molar-refractivity contribution in [2.24, 2.45) is 0 Å². The summed E-state index contributed by atoms with van der Waals surface area (Å²) in [5.41, 5.74) is 2.46. The van der Waals surface area contributed by atoms with Crippen LogP contribution in [0.25, 0.3) is 0 Å². The summed E-state index contributed by atoms with van der Waals surface area (Å²) in [6.45, 7) is 7.92. The van der Waals surface area contributed by atoms with Crippen LogP contribution in [0.15, 0.2) is 31.4 Å². The lowest BCUT2D eigenvalue weighted by molar-refractivity contribution is -0.128. The minimum absolute atomic E-state index is 0.0976. The van der Waals surface area contributed by atoms with E-state index in [-0.39, 0.29) is 11.9 Å². The van der Waals surface area contributed by atoms with E-state index in [4.69, 9.17) is 5.26 Å².